The van der Waals surface area contributed by atoms with Crippen LogP contribution in [0.2, 0.25) is 0 Å². The topological polar surface area (TPSA) is 80.1 Å². The highest BCUT2D eigenvalue weighted by Crippen LogP contribution is 2.31. The largest absolute Gasteiger partial charge is 0.370 e. The van der Waals surface area contributed by atoms with E-state index in [1.54, 1.807) is 0 Å². The van der Waals surface area contributed by atoms with Crippen molar-refractivity contribution in [3.05, 3.63) is 50.7 Å². The number of benzene rings is 1. The van der Waals surface area contributed by atoms with Gasteiger partial charge in [-0.05, 0) is 47.1 Å². The van der Waals surface area contributed by atoms with Gasteiger partial charge in [0.15, 0.2) is 0 Å². The first kappa shape index (κ1) is 15.2. The molecular formula is C13H12BrFN4O2. The van der Waals surface area contributed by atoms with Crippen LogP contribution >= 0.6 is 15.9 Å². The second-order valence-corrected chi connectivity index (χ2v) is 4.96. The first-order valence-electron chi connectivity index (χ1n) is 6.12. The SMILES string of the molecule is CCNc1ccc([N+](=O)[O-])c(Nc2ccc(F)cc2Br)n1. The summed E-state index contributed by atoms with van der Waals surface area (Å²) in [4.78, 5) is 14.7. The first-order chi connectivity index (χ1) is 10.0. The molecule has 6 nitrogen and oxygen atoms in total. The smallest absolute Gasteiger partial charge is 0.311 e. The molecule has 21 heavy (non-hydrogen) atoms. The lowest BCUT2D eigenvalue weighted by Gasteiger charge is -2.10. The average molecular weight is 355 g/mol. The van der Waals surface area contributed by atoms with Crippen LogP contribution < -0.4 is 10.6 Å². The molecule has 0 radical (unpaired) electrons. The van der Waals surface area contributed by atoms with Crippen LogP contribution in [-0.4, -0.2) is 16.5 Å². The van der Waals surface area contributed by atoms with E-state index in [1.165, 1.54) is 30.3 Å². The van der Waals surface area contributed by atoms with Crippen LogP contribution in [0.3, 0.4) is 0 Å². The first-order valence-corrected chi connectivity index (χ1v) is 6.92. The van der Waals surface area contributed by atoms with Gasteiger partial charge < -0.3 is 10.6 Å². The van der Waals surface area contributed by atoms with E-state index >= 15 is 0 Å². The van der Waals surface area contributed by atoms with Gasteiger partial charge in [0, 0.05) is 17.1 Å². The summed E-state index contributed by atoms with van der Waals surface area (Å²) in [5.41, 5.74) is 0.327. The summed E-state index contributed by atoms with van der Waals surface area (Å²) in [5.74, 6) is 0.200. The zero-order valence-electron chi connectivity index (χ0n) is 11.1. The summed E-state index contributed by atoms with van der Waals surface area (Å²) in [7, 11) is 0. The second-order valence-electron chi connectivity index (χ2n) is 4.10. The number of anilines is 3. The van der Waals surface area contributed by atoms with Crippen molar-refractivity contribution in [2.24, 2.45) is 0 Å². The van der Waals surface area contributed by atoms with E-state index in [2.05, 4.69) is 31.5 Å². The van der Waals surface area contributed by atoms with Gasteiger partial charge in [-0.1, -0.05) is 0 Å². The van der Waals surface area contributed by atoms with Gasteiger partial charge in [0.25, 0.3) is 0 Å². The monoisotopic (exact) mass is 354 g/mol. The molecule has 0 saturated carbocycles. The van der Waals surface area contributed by atoms with Crippen molar-refractivity contribution in [2.75, 3.05) is 17.2 Å². The van der Waals surface area contributed by atoms with E-state index in [1.807, 2.05) is 6.92 Å². The molecule has 0 unspecified atom stereocenters. The minimum absolute atomic E-state index is 0.0887. The van der Waals surface area contributed by atoms with Crippen molar-refractivity contribution in [1.82, 2.24) is 4.98 Å². The third-order valence-corrected chi connectivity index (χ3v) is 3.27. The van der Waals surface area contributed by atoms with Crippen LogP contribution in [0.5, 0.6) is 0 Å². The third kappa shape index (κ3) is 3.66. The van der Waals surface area contributed by atoms with Crippen molar-refractivity contribution >= 4 is 38.9 Å². The van der Waals surface area contributed by atoms with E-state index in [-0.39, 0.29) is 11.5 Å². The number of pyridine rings is 1. The van der Waals surface area contributed by atoms with E-state index < -0.39 is 10.7 Å². The molecular weight excluding hydrogens is 343 g/mol. The van der Waals surface area contributed by atoms with Gasteiger partial charge >= 0.3 is 5.69 Å². The maximum absolute atomic E-state index is 13.1. The molecule has 1 heterocycles. The maximum Gasteiger partial charge on any atom is 0.311 e. The van der Waals surface area contributed by atoms with Gasteiger partial charge in [0.2, 0.25) is 5.82 Å². The quantitative estimate of drug-likeness (QED) is 0.624. The Morgan fingerprint density at radius 3 is 2.76 bits per heavy atom. The number of halogens is 2. The average Bonchev–Trinajstić information content (AvgIpc) is 2.42. The Labute approximate surface area is 128 Å². The molecule has 110 valence electrons. The molecule has 0 fully saturated rings. The predicted octanol–water partition coefficient (Wildman–Crippen LogP) is 4.07. The number of hydrogen-bond donors (Lipinski definition) is 2. The van der Waals surface area contributed by atoms with Gasteiger partial charge in [0.05, 0.1) is 10.6 Å². The molecule has 8 heteroatoms. The molecule has 2 N–H and O–H groups in total. The highest BCUT2D eigenvalue weighted by molar-refractivity contribution is 9.10. The number of nitrogens with zero attached hydrogens (tertiary/aromatic N) is 2. The van der Waals surface area contributed by atoms with Crippen LogP contribution in [-0.2, 0) is 0 Å². The van der Waals surface area contributed by atoms with Crippen molar-refractivity contribution < 1.29 is 9.31 Å². The number of aromatic nitrogens is 1. The minimum atomic E-state index is -0.525. The van der Waals surface area contributed by atoms with Gasteiger partial charge in [0.1, 0.15) is 11.6 Å². The summed E-state index contributed by atoms with van der Waals surface area (Å²) >= 11 is 3.20. The van der Waals surface area contributed by atoms with Crippen molar-refractivity contribution in [1.29, 1.82) is 0 Å². The molecule has 0 bridgehead atoms. The summed E-state index contributed by atoms with van der Waals surface area (Å²) < 4.78 is 13.5. The second kappa shape index (κ2) is 6.49. The minimum Gasteiger partial charge on any atom is -0.370 e. The summed E-state index contributed by atoms with van der Waals surface area (Å²) in [6.45, 7) is 2.54. The summed E-state index contributed by atoms with van der Waals surface area (Å²) in [5, 5.41) is 16.9. The molecule has 0 aliphatic carbocycles. The maximum atomic E-state index is 13.1. The Hall–Kier alpha value is -2.22. The summed E-state index contributed by atoms with van der Waals surface area (Å²) in [6.07, 6.45) is 0. The standard InChI is InChI=1S/C13H12BrFN4O2/c1-2-16-12-6-5-11(19(20)21)13(18-12)17-10-4-3-8(15)7-9(10)14/h3-7H,2H2,1H3,(H2,16,17,18). The Kier molecular flexibility index (Phi) is 4.69. The Morgan fingerprint density at radius 1 is 1.38 bits per heavy atom. The fourth-order valence-corrected chi connectivity index (χ4v) is 2.14. The molecule has 0 atom stereocenters. The lowest BCUT2D eigenvalue weighted by Crippen LogP contribution is -2.04. The van der Waals surface area contributed by atoms with Crippen LogP contribution in [0.1, 0.15) is 6.92 Å². The van der Waals surface area contributed by atoms with E-state index in [0.29, 0.717) is 22.5 Å². The van der Waals surface area contributed by atoms with Gasteiger partial charge in [-0.25, -0.2) is 9.37 Å². The van der Waals surface area contributed by atoms with Crippen LogP contribution in [0.25, 0.3) is 0 Å². The fraction of sp³-hybridized carbons (Fsp3) is 0.154. The normalized spacial score (nSPS) is 10.2. The Balaban J connectivity index is 2.40. The van der Waals surface area contributed by atoms with Gasteiger partial charge in [-0.2, -0.15) is 0 Å². The van der Waals surface area contributed by atoms with Crippen molar-refractivity contribution in [3.8, 4) is 0 Å². The van der Waals surface area contributed by atoms with Crippen molar-refractivity contribution in [2.45, 2.75) is 6.92 Å². The molecule has 2 rings (SSSR count). The van der Waals surface area contributed by atoms with E-state index in [4.69, 9.17) is 0 Å². The molecule has 1 aromatic carbocycles. The predicted molar refractivity (Wildman–Crippen MR) is 82.4 cm³/mol. The van der Waals surface area contributed by atoms with Crippen LogP contribution in [0.15, 0.2) is 34.8 Å². The molecule has 0 saturated heterocycles. The number of rotatable bonds is 5. The van der Waals surface area contributed by atoms with Crippen molar-refractivity contribution in [3.63, 3.8) is 0 Å². The van der Waals surface area contributed by atoms with Gasteiger partial charge in [-0.15, -0.1) is 0 Å². The Bertz CT molecular complexity index is 681. The molecule has 0 aliphatic rings. The van der Waals surface area contributed by atoms with Crippen LogP contribution in [0.4, 0.5) is 27.4 Å². The summed E-state index contributed by atoms with van der Waals surface area (Å²) in [6, 6.07) is 6.90. The third-order valence-electron chi connectivity index (χ3n) is 2.61. The molecule has 0 aliphatic heterocycles. The van der Waals surface area contributed by atoms with E-state index in [9.17, 15) is 14.5 Å². The molecule has 2 aromatic rings. The zero-order chi connectivity index (χ0) is 15.4. The number of hydrogen-bond acceptors (Lipinski definition) is 5. The lowest BCUT2D eigenvalue weighted by atomic mass is 10.3. The fourth-order valence-electron chi connectivity index (χ4n) is 1.69. The molecule has 0 amide bonds. The molecule has 0 spiro atoms. The van der Waals surface area contributed by atoms with E-state index in [0.717, 1.165) is 0 Å². The van der Waals surface area contributed by atoms with Gasteiger partial charge in [-0.3, -0.25) is 10.1 Å². The number of nitro groups is 1. The molecule has 1 aromatic heterocycles. The highest BCUT2D eigenvalue weighted by atomic mass is 79.9. The Morgan fingerprint density at radius 2 is 2.14 bits per heavy atom. The zero-order valence-corrected chi connectivity index (χ0v) is 12.6. The van der Waals surface area contributed by atoms with Crippen LogP contribution in [0, 0.1) is 15.9 Å². The highest BCUT2D eigenvalue weighted by Gasteiger charge is 2.17. The number of nitrogens with one attached hydrogen (secondary N) is 2. The lowest BCUT2D eigenvalue weighted by molar-refractivity contribution is -0.384.